The monoisotopic (exact) mass is 260 g/mol. The highest BCUT2D eigenvalue weighted by Crippen LogP contribution is 2.28. The molecule has 4 nitrogen and oxygen atoms in total. The van der Waals surface area contributed by atoms with E-state index in [1.807, 2.05) is 0 Å². The molecule has 1 heterocycles. The zero-order chi connectivity index (χ0) is 13.3. The van der Waals surface area contributed by atoms with Gasteiger partial charge < -0.3 is 9.52 Å². The summed E-state index contributed by atoms with van der Waals surface area (Å²) in [6.45, 7) is -0.901. The number of fused-ring (bicyclic) bond motifs is 1. The van der Waals surface area contributed by atoms with Gasteiger partial charge in [-0.05, 0) is 6.07 Å². The van der Waals surface area contributed by atoms with E-state index in [9.17, 15) is 18.0 Å². The molecule has 1 N–H and O–H groups in total. The molecule has 2 rings (SSSR count). The van der Waals surface area contributed by atoms with Crippen molar-refractivity contribution in [2.45, 2.75) is 13.0 Å². The van der Waals surface area contributed by atoms with Gasteiger partial charge in [0.05, 0.1) is 6.61 Å². The third kappa shape index (κ3) is 2.45. The Kier molecular flexibility index (Phi) is 3.00. The van der Waals surface area contributed by atoms with Crippen LogP contribution in [0.3, 0.4) is 0 Å². The number of carboxylic acid groups (broad SMARTS) is 1. The van der Waals surface area contributed by atoms with Crippen molar-refractivity contribution >= 4 is 16.9 Å². The molecule has 0 radical (unpaired) electrons. The Morgan fingerprint density at radius 3 is 2.61 bits per heavy atom. The van der Waals surface area contributed by atoms with Gasteiger partial charge in [-0.15, -0.1) is 13.2 Å². The Labute approximate surface area is 98.6 Å². The number of halogens is 3. The van der Waals surface area contributed by atoms with Gasteiger partial charge in [0.2, 0.25) is 5.76 Å². The summed E-state index contributed by atoms with van der Waals surface area (Å²) in [4.78, 5) is 10.9. The zero-order valence-corrected chi connectivity index (χ0v) is 8.82. The van der Waals surface area contributed by atoms with Crippen LogP contribution in [0.2, 0.25) is 0 Å². The second-order valence-electron chi connectivity index (χ2n) is 3.45. The normalized spacial score (nSPS) is 11.9. The summed E-state index contributed by atoms with van der Waals surface area (Å²) >= 11 is 0. The molecule has 2 aromatic rings. The van der Waals surface area contributed by atoms with Crippen LogP contribution in [-0.2, 0) is 11.3 Å². The van der Waals surface area contributed by atoms with Crippen LogP contribution in [0.5, 0.6) is 0 Å². The van der Waals surface area contributed by atoms with E-state index in [4.69, 9.17) is 9.52 Å². The van der Waals surface area contributed by atoms with Crippen molar-refractivity contribution in [1.29, 1.82) is 0 Å². The Balaban J connectivity index is 2.45. The largest absolute Gasteiger partial charge is 0.522 e. The quantitative estimate of drug-likeness (QED) is 0.920. The van der Waals surface area contributed by atoms with Crippen LogP contribution in [0.1, 0.15) is 16.1 Å². The molecule has 1 aromatic carbocycles. The number of hydrogen-bond donors (Lipinski definition) is 1. The molecule has 0 spiro atoms. The number of hydrogen-bond acceptors (Lipinski definition) is 3. The van der Waals surface area contributed by atoms with Gasteiger partial charge in [0.1, 0.15) is 5.58 Å². The first-order chi connectivity index (χ1) is 8.38. The van der Waals surface area contributed by atoms with E-state index in [0.29, 0.717) is 5.39 Å². The smallest absolute Gasteiger partial charge is 0.475 e. The zero-order valence-electron chi connectivity index (χ0n) is 8.82. The first-order valence-corrected chi connectivity index (χ1v) is 4.83. The average molecular weight is 260 g/mol. The third-order valence-corrected chi connectivity index (χ3v) is 2.27. The van der Waals surface area contributed by atoms with Gasteiger partial charge in [-0.3, -0.25) is 4.74 Å². The molecule has 0 aliphatic heterocycles. The summed E-state index contributed by atoms with van der Waals surface area (Å²) in [6.07, 6.45) is -4.83. The second kappa shape index (κ2) is 4.34. The average Bonchev–Trinajstić information content (AvgIpc) is 2.64. The molecular formula is C11H7F3O4. The van der Waals surface area contributed by atoms with Gasteiger partial charge >= 0.3 is 12.3 Å². The van der Waals surface area contributed by atoms with Crippen LogP contribution in [0.15, 0.2) is 28.7 Å². The lowest BCUT2D eigenvalue weighted by Gasteiger charge is -2.06. The molecule has 18 heavy (non-hydrogen) atoms. The molecule has 7 heteroatoms. The van der Waals surface area contributed by atoms with Crippen molar-refractivity contribution < 1.29 is 32.2 Å². The Hall–Kier alpha value is -2.02. The van der Waals surface area contributed by atoms with E-state index < -0.39 is 24.7 Å². The molecule has 96 valence electrons. The topological polar surface area (TPSA) is 59.7 Å². The number of carbonyl (C=O) groups is 1. The van der Waals surface area contributed by atoms with Crippen molar-refractivity contribution in [3.63, 3.8) is 0 Å². The van der Waals surface area contributed by atoms with E-state index in [1.165, 1.54) is 12.1 Å². The molecule has 0 aliphatic carbocycles. The molecule has 0 amide bonds. The number of carboxylic acids is 1. The predicted octanol–water partition coefficient (Wildman–Crippen LogP) is 3.17. The van der Waals surface area contributed by atoms with E-state index in [-0.39, 0.29) is 11.1 Å². The summed E-state index contributed by atoms with van der Waals surface area (Å²) in [5, 5.41) is 9.16. The molecule has 0 atom stereocenters. The maximum atomic E-state index is 12.0. The van der Waals surface area contributed by atoms with Crippen molar-refractivity contribution in [3.05, 3.63) is 35.6 Å². The third-order valence-electron chi connectivity index (χ3n) is 2.27. The van der Waals surface area contributed by atoms with Crippen LogP contribution in [0.25, 0.3) is 11.0 Å². The van der Waals surface area contributed by atoms with E-state index in [2.05, 4.69) is 4.74 Å². The highest BCUT2D eigenvalue weighted by Gasteiger charge is 2.31. The molecule has 0 bridgehead atoms. The van der Waals surface area contributed by atoms with Crippen molar-refractivity contribution in [3.8, 4) is 0 Å². The van der Waals surface area contributed by atoms with E-state index in [0.717, 1.165) is 0 Å². The van der Waals surface area contributed by atoms with Gasteiger partial charge in [-0.1, -0.05) is 18.2 Å². The predicted molar refractivity (Wildman–Crippen MR) is 54.0 cm³/mol. The summed E-state index contributed by atoms with van der Waals surface area (Å²) in [6, 6.07) is 6.10. The standard InChI is InChI=1S/C11H7F3O4/c12-11(13,14)17-5-7-6-3-1-2-4-8(6)18-9(7)10(15)16/h1-4H,5H2,(H,15,16). The van der Waals surface area contributed by atoms with Crippen LogP contribution < -0.4 is 0 Å². The fourth-order valence-corrected chi connectivity index (χ4v) is 1.57. The lowest BCUT2D eigenvalue weighted by Crippen LogP contribution is -2.14. The highest BCUT2D eigenvalue weighted by molar-refractivity contribution is 5.94. The number of ether oxygens (including phenoxy) is 1. The molecule has 0 saturated carbocycles. The van der Waals surface area contributed by atoms with E-state index >= 15 is 0 Å². The van der Waals surface area contributed by atoms with Crippen molar-refractivity contribution in [1.82, 2.24) is 0 Å². The molecular weight excluding hydrogens is 253 g/mol. The van der Waals surface area contributed by atoms with Gasteiger partial charge in [-0.2, -0.15) is 0 Å². The van der Waals surface area contributed by atoms with Crippen molar-refractivity contribution in [2.24, 2.45) is 0 Å². The van der Waals surface area contributed by atoms with Gasteiger partial charge in [-0.25, -0.2) is 4.79 Å². The Morgan fingerprint density at radius 1 is 1.33 bits per heavy atom. The summed E-state index contributed by atoms with van der Waals surface area (Å²) in [7, 11) is 0. The first kappa shape index (κ1) is 12.4. The number of furan rings is 1. The maximum Gasteiger partial charge on any atom is 0.522 e. The molecule has 0 saturated heterocycles. The van der Waals surface area contributed by atoms with Crippen LogP contribution in [-0.4, -0.2) is 17.4 Å². The minimum Gasteiger partial charge on any atom is -0.475 e. The number of aromatic carboxylic acids is 1. The molecule has 0 fully saturated rings. The first-order valence-electron chi connectivity index (χ1n) is 4.83. The van der Waals surface area contributed by atoms with Crippen LogP contribution in [0.4, 0.5) is 13.2 Å². The molecule has 0 aliphatic rings. The Bertz CT molecular complexity index is 585. The van der Waals surface area contributed by atoms with Crippen molar-refractivity contribution in [2.75, 3.05) is 0 Å². The minimum absolute atomic E-state index is 0.129. The summed E-state index contributed by atoms with van der Waals surface area (Å²) in [5.74, 6) is -1.98. The SMILES string of the molecule is O=C(O)c1oc2ccccc2c1COC(F)(F)F. The van der Waals surface area contributed by atoms with Crippen LogP contribution in [0, 0.1) is 0 Å². The lowest BCUT2D eigenvalue weighted by atomic mass is 10.1. The highest BCUT2D eigenvalue weighted by atomic mass is 19.4. The fourth-order valence-electron chi connectivity index (χ4n) is 1.57. The maximum absolute atomic E-state index is 12.0. The minimum atomic E-state index is -4.83. The molecule has 1 aromatic heterocycles. The number of para-hydroxylation sites is 1. The van der Waals surface area contributed by atoms with Gasteiger partial charge in [0, 0.05) is 10.9 Å². The number of benzene rings is 1. The van der Waals surface area contributed by atoms with Crippen LogP contribution >= 0.6 is 0 Å². The van der Waals surface area contributed by atoms with E-state index in [1.54, 1.807) is 12.1 Å². The summed E-state index contributed by atoms with van der Waals surface area (Å²) < 4.78 is 44.6. The Morgan fingerprint density at radius 2 is 2.00 bits per heavy atom. The number of alkyl halides is 3. The fraction of sp³-hybridized carbons (Fsp3) is 0.182. The van der Waals surface area contributed by atoms with Gasteiger partial charge in [0.25, 0.3) is 0 Å². The lowest BCUT2D eigenvalue weighted by molar-refractivity contribution is -0.330. The molecule has 0 unspecified atom stereocenters. The number of rotatable bonds is 3. The second-order valence-corrected chi connectivity index (χ2v) is 3.45. The summed E-state index contributed by atoms with van der Waals surface area (Å²) in [5.41, 5.74) is 0.0751. The van der Waals surface area contributed by atoms with Gasteiger partial charge in [0.15, 0.2) is 0 Å².